The molecule has 0 aliphatic carbocycles. The second-order valence-corrected chi connectivity index (χ2v) is 3.97. The van der Waals surface area contributed by atoms with Crippen LogP contribution >= 0.6 is 22.9 Å². The average molecular weight is 214 g/mol. The highest BCUT2D eigenvalue weighted by Gasteiger charge is 2.01. The molecule has 2 nitrogen and oxygen atoms in total. The first-order chi connectivity index (χ1) is 6.24. The molecule has 4 heteroatoms. The predicted molar refractivity (Wildman–Crippen MR) is 56.3 cm³/mol. The van der Waals surface area contributed by atoms with Crippen LogP contribution < -0.4 is 0 Å². The van der Waals surface area contributed by atoms with Crippen molar-refractivity contribution in [2.24, 2.45) is 5.16 Å². The van der Waals surface area contributed by atoms with Gasteiger partial charge in [-0.05, 0) is 19.1 Å². The summed E-state index contributed by atoms with van der Waals surface area (Å²) in [5.41, 5.74) is 0.784. The number of halogens is 1. The summed E-state index contributed by atoms with van der Waals surface area (Å²) < 4.78 is 0.737. The number of hydrogen-bond acceptors (Lipinski definition) is 3. The summed E-state index contributed by atoms with van der Waals surface area (Å²) in [7, 11) is 0. The Bertz CT molecular complexity index is 351. The van der Waals surface area contributed by atoms with Crippen LogP contribution in [0.15, 0.2) is 17.3 Å². The Balaban J connectivity index is 2.63. The third kappa shape index (κ3) is 3.10. The molecule has 0 spiro atoms. The topological polar surface area (TPSA) is 21.6 Å². The molecule has 0 unspecified atom stereocenters. The summed E-state index contributed by atoms with van der Waals surface area (Å²) >= 11 is 7.21. The molecule has 0 saturated carbocycles. The van der Waals surface area contributed by atoms with Gasteiger partial charge in [-0.1, -0.05) is 22.7 Å². The molecule has 0 amide bonds. The molecule has 0 aliphatic rings. The molecule has 0 aliphatic heterocycles. The smallest absolute Gasteiger partial charge is 0.177 e. The van der Waals surface area contributed by atoms with Crippen LogP contribution in [0.5, 0.6) is 0 Å². The molecule has 1 heterocycles. The van der Waals surface area contributed by atoms with Crippen LogP contribution in [0, 0.1) is 12.3 Å². The third-order valence-corrected chi connectivity index (χ3v) is 2.62. The Morgan fingerprint density at radius 1 is 1.77 bits per heavy atom. The van der Waals surface area contributed by atoms with E-state index >= 15 is 0 Å². The van der Waals surface area contributed by atoms with E-state index in [-0.39, 0.29) is 6.61 Å². The first-order valence-electron chi connectivity index (χ1n) is 3.59. The Hall–Kier alpha value is -0.980. The lowest BCUT2D eigenvalue weighted by Gasteiger charge is -1.94. The fourth-order valence-corrected chi connectivity index (χ4v) is 1.70. The normalized spacial score (nSPS) is 11.0. The fraction of sp³-hybridized carbons (Fsp3) is 0.222. The van der Waals surface area contributed by atoms with Gasteiger partial charge in [-0.2, -0.15) is 0 Å². The van der Waals surface area contributed by atoms with Crippen molar-refractivity contribution >= 4 is 28.6 Å². The number of hydrogen-bond donors (Lipinski definition) is 0. The highest BCUT2D eigenvalue weighted by atomic mass is 35.5. The fourth-order valence-electron chi connectivity index (χ4n) is 0.720. The number of nitrogens with zero attached hydrogens (tertiary/aromatic N) is 1. The molecule has 1 aromatic rings. The first-order valence-corrected chi connectivity index (χ1v) is 4.79. The van der Waals surface area contributed by atoms with E-state index < -0.39 is 0 Å². The molecule has 13 heavy (non-hydrogen) atoms. The maximum Gasteiger partial charge on any atom is 0.177 e. The lowest BCUT2D eigenvalue weighted by Crippen LogP contribution is -1.92. The minimum atomic E-state index is 0.191. The van der Waals surface area contributed by atoms with E-state index in [4.69, 9.17) is 22.9 Å². The standard InChI is InChI=1S/C9H8ClNOS/c1-3-6-12-11-7(2)8-4-5-9(10)13-8/h1,4-5H,6H2,2H3/b11-7-. The highest BCUT2D eigenvalue weighted by Crippen LogP contribution is 2.21. The lowest BCUT2D eigenvalue weighted by molar-refractivity contribution is 0.180. The largest absolute Gasteiger partial charge is 0.382 e. The first kappa shape index (κ1) is 10.1. The van der Waals surface area contributed by atoms with Crippen LogP contribution in [0.1, 0.15) is 11.8 Å². The quantitative estimate of drug-likeness (QED) is 0.328. The molecular weight excluding hydrogens is 206 g/mol. The van der Waals surface area contributed by atoms with Crippen LogP contribution in [0.2, 0.25) is 4.34 Å². The van der Waals surface area contributed by atoms with Crippen LogP contribution in [0.4, 0.5) is 0 Å². The maximum absolute atomic E-state index is 5.76. The van der Waals surface area contributed by atoms with Crippen LogP contribution in [0.3, 0.4) is 0 Å². The van der Waals surface area contributed by atoms with Crippen LogP contribution in [0.25, 0.3) is 0 Å². The van der Waals surface area contributed by atoms with Gasteiger partial charge in [-0.25, -0.2) is 0 Å². The molecule has 0 aromatic carbocycles. The van der Waals surface area contributed by atoms with Crippen molar-refractivity contribution < 1.29 is 4.84 Å². The Kier molecular flexibility index (Phi) is 3.81. The molecule has 0 N–H and O–H groups in total. The minimum Gasteiger partial charge on any atom is -0.382 e. The summed E-state index contributed by atoms with van der Waals surface area (Å²) in [5.74, 6) is 2.33. The molecule has 0 radical (unpaired) electrons. The van der Waals surface area contributed by atoms with Gasteiger partial charge in [0.25, 0.3) is 0 Å². The zero-order valence-corrected chi connectivity index (χ0v) is 8.65. The van der Waals surface area contributed by atoms with Crippen LogP contribution in [-0.4, -0.2) is 12.3 Å². The molecule has 0 fully saturated rings. The Morgan fingerprint density at radius 3 is 3.08 bits per heavy atom. The SMILES string of the molecule is C#CCO/N=C(/C)c1ccc(Cl)s1. The molecule has 68 valence electrons. The summed E-state index contributed by atoms with van der Waals surface area (Å²) in [5, 5.41) is 3.82. The van der Waals surface area contributed by atoms with Gasteiger partial charge in [0.1, 0.15) is 0 Å². The number of thiophene rings is 1. The lowest BCUT2D eigenvalue weighted by atomic mass is 10.3. The van der Waals surface area contributed by atoms with Crippen molar-refractivity contribution in [1.82, 2.24) is 0 Å². The van der Waals surface area contributed by atoms with Gasteiger partial charge >= 0.3 is 0 Å². The zero-order valence-electron chi connectivity index (χ0n) is 7.08. The van der Waals surface area contributed by atoms with Gasteiger partial charge in [0.05, 0.1) is 14.9 Å². The summed E-state index contributed by atoms with van der Waals surface area (Å²) in [6, 6.07) is 3.72. The van der Waals surface area contributed by atoms with Crippen molar-refractivity contribution in [3.05, 3.63) is 21.3 Å². The van der Waals surface area contributed by atoms with E-state index in [0.717, 1.165) is 14.9 Å². The minimum absolute atomic E-state index is 0.191. The molecular formula is C9H8ClNOS. The summed E-state index contributed by atoms with van der Waals surface area (Å²) in [6.45, 7) is 2.04. The van der Waals surface area contributed by atoms with Crippen molar-refractivity contribution in [3.8, 4) is 12.3 Å². The van der Waals surface area contributed by atoms with Gasteiger partial charge in [-0.3, -0.25) is 0 Å². The van der Waals surface area contributed by atoms with E-state index in [9.17, 15) is 0 Å². The van der Waals surface area contributed by atoms with Gasteiger partial charge in [0, 0.05) is 0 Å². The summed E-state index contributed by atoms with van der Waals surface area (Å²) in [4.78, 5) is 5.81. The van der Waals surface area contributed by atoms with Crippen molar-refractivity contribution in [2.75, 3.05) is 6.61 Å². The average Bonchev–Trinajstić information content (AvgIpc) is 2.52. The second-order valence-electron chi connectivity index (χ2n) is 2.26. The second kappa shape index (κ2) is 4.90. The van der Waals surface area contributed by atoms with E-state index in [2.05, 4.69) is 11.1 Å². The van der Waals surface area contributed by atoms with E-state index in [0.29, 0.717) is 0 Å². The molecule has 0 bridgehead atoms. The van der Waals surface area contributed by atoms with Gasteiger partial charge < -0.3 is 4.84 Å². The predicted octanol–water partition coefficient (Wildman–Crippen LogP) is 2.78. The number of terminal acetylenes is 1. The molecule has 1 rings (SSSR count). The van der Waals surface area contributed by atoms with Gasteiger partial charge in [0.2, 0.25) is 0 Å². The van der Waals surface area contributed by atoms with Crippen molar-refractivity contribution in [2.45, 2.75) is 6.92 Å². The zero-order chi connectivity index (χ0) is 9.68. The van der Waals surface area contributed by atoms with E-state index in [1.54, 1.807) is 0 Å². The van der Waals surface area contributed by atoms with Crippen LogP contribution in [-0.2, 0) is 4.84 Å². The van der Waals surface area contributed by atoms with E-state index in [1.165, 1.54) is 11.3 Å². The molecule has 0 saturated heterocycles. The Morgan fingerprint density at radius 2 is 2.54 bits per heavy atom. The third-order valence-electron chi connectivity index (χ3n) is 1.28. The Labute approximate surface area is 86.2 Å². The van der Waals surface area contributed by atoms with Gasteiger partial charge in [0.15, 0.2) is 6.61 Å². The molecule has 1 aromatic heterocycles. The number of oxime groups is 1. The summed E-state index contributed by atoms with van der Waals surface area (Å²) in [6.07, 6.45) is 4.99. The van der Waals surface area contributed by atoms with Crippen molar-refractivity contribution in [3.63, 3.8) is 0 Å². The number of rotatable bonds is 3. The van der Waals surface area contributed by atoms with Gasteiger partial charge in [-0.15, -0.1) is 17.8 Å². The monoisotopic (exact) mass is 213 g/mol. The van der Waals surface area contributed by atoms with Crippen molar-refractivity contribution in [1.29, 1.82) is 0 Å². The molecule has 0 atom stereocenters. The van der Waals surface area contributed by atoms with E-state index in [1.807, 2.05) is 19.1 Å². The maximum atomic E-state index is 5.76. The highest BCUT2D eigenvalue weighted by molar-refractivity contribution is 7.18.